The maximum Gasteiger partial charge on any atom is 0.420 e. The molecule has 1 aliphatic heterocycles. The summed E-state index contributed by atoms with van der Waals surface area (Å²) >= 11 is 6.36. The Balaban J connectivity index is 1.63. The van der Waals surface area contributed by atoms with E-state index in [-0.39, 0.29) is 22.5 Å². The number of hydrogen-bond donors (Lipinski definition) is 1. The fourth-order valence-corrected chi connectivity index (χ4v) is 3.90. The second-order valence-corrected chi connectivity index (χ2v) is 7.66. The van der Waals surface area contributed by atoms with Gasteiger partial charge in [-0.05, 0) is 19.4 Å². The number of imidazole rings is 1. The van der Waals surface area contributed by atoms with E-state index < -0.39 is 23.3 Å². The number of fused-ring (bicyclic) bond motifs is 1. The molecule has 32 heavy (non-hydrogen) atoms. The Labute approximate surface area is 186 Å². The van der Waals surface area contributed by atoms with Crippen molar-refractivity contribution in [2.75, 3.05) is 32.9 Å². The summed E-state index contributed by atoms with van der Waals surface area (Å²) in [6, 6.07) is 0.968. The third-order valence-electron chi connectivity index (χ3n) is 5.22. The van der Waals surface area contributed by atoms with E-state index in [1.165, 1.54) is 23.5 Å². The number of nitrogens with zero attached hydrogens (tertiary/aromatic N) is 4. The largest absolute Gasteiger partial charge is 0.420 e. The molecule has 0 spiro atoms. The molecule has 1 amide bonds. The Bertz CT molecular complexity index is 1100. The zero-order valence-corrected chi connectivity index (χ0v) is 17.9. The monoisotopic (exact) mass is 471 g/mol. The van der Waals surface area contributed by atoms with Crippen LogP contribution in [0.15, 0.2) is 24.7 Å². The fraction of sp³-hybridized carbons (Fsp3) is 0.450. The molecule has 0 aromatic carbocycles. The summed E-state index contributed by atoms with van der Waals surface area (Å²) in [6.45, 7) is 4.04. The first kappa shape index (κ1) is 22.6. The minimum absolute atomic E-state index is 0.173. The van der Waals surface area contributed by atoms with Gasteiger partial charge in [0.05, 0.1) is 31.1 Å². The molecule has 0 radical (unpaired) electrons. The number of hydrogen-bond acceptors (Lipinski definition) is 5. The van der Waals surface area contributed by atoms with Gasteiger partial charge in [-0.25, -0.2) is 4.98 Å². The summed E-state index contributed by atoms with van der Waals surface area (Å²) in [5.41, 5.74) is -0.962. The van der Waals surface area contributed by atoms with Gasteiger partial charge in [0.1, 0.15) is 5.15 Å². The van der Waals surface area contributed by atoms with Crippen molar-refractivity contribution in [2.45, 2.75) is 25.6 Å². The predicted molar refractivity (Wildman–Crippen MR) is 110 cm³/mol. The average Bonchev–Trinajstić information content (AvgIpc) is 3.50. The number of halogens is 4. The lowest BCUT2D eigenvalue weighted by molar-refractivity contribution is -0.136. The first-order valence-electron chi connectivity index (χ1n) is 10.1. The van der Waals surface area contributed by atoms with Crippen molar-refractivity contribution in [3.63, 3.8) is 0 Å². The van der Waals surface area contributed by atoms with Gasteiger partial charge in [-0.1, -0.05) is 11.6 Å². The van der Waals surface area contributed by atoms with Crippen LogP contribution in [0.1, 0.15) is 29.4 Å². The van der Waals surface area contributed by atoms with E-state index in [0.717, 1.165) is 10.5 Å². The van der Waals surface area contributed by atoms with E-state index >= 15 is 0 Å². The Morgan fingerprint density at radius 1 is 1.34 bits per heavy atom. The molecule has 1 unspecified atom stereocenters. The number of amides is 1. The van der Waals surface area contributed by atoms with Crippen molar-refractivity contribution < 1.29 is 27.4 Å². The highest BCUT2D eigenvalue weighted by atomic mass is 35.5. The van der Waals surface area contributed by atoms with Gasteiger partial charge < -0.3 is 14.4 Å². The first-order valence-corrected chi connectivity index (χ1v) is 10.4. The minimum Gasteiger partial charge on any atom is -0.379 e. The lowest BCUT2D eigenvalue weighted by Gasteiger charge is -2.15. The van der Waals surface area contributed by atoms with Crippen LogP contribution in [0.2, 0.25) is 5.15 Å². The number of alkyl halides is 3. The van der Waals surface area contributed by atoms with E-state index in [2.05, 4.69) is 15.2 Å². The van der Waals surface area contributed by atoms with Gasteiger partial charge >= 0.3 is 6.18 Å². The van der Waals surface area contributed by atoms with E-state index in [0.29, 0.717) is 44.9 Å². The highest BCUT2D eigenvalue weighted by molar-refractivity contribution is 6.33. The van der Waals surface area contributed by atoms with Crippen molar-refractivity contribution in [1.29, 1.82) is 0 Å². The summed E-state index contributed by atoms with van der Waals surface area (Å²) in [5.74, 6) is -0.535. The number of aromatic nitrogens is 4. The number of likely N-dealkylation sites (tertiary alicyclic amines) is 1. The predicted octanol–water partition coefficient (Wildman–Crippen LogP) is 3.66. The summed E-state index contributed by atoms with van der Waals surface area (Å²) in [6.07, 6.45) is 0.0198. The van der Waals surface area contributed by atoms with Crippen molar-refractivity contribution in [3.8, 4) is 11.1 Å². The first-order chi connectivity index (χ1) is 15.3. The maximum absolute atomic E-state index is 13.8. The maximum atomic E-state index is 13.8. The molecule has 3 aromatic heterocycles. The number of nitrogens with one attached hydrogen (secondary N) is 1. The Morgan fingerprint density at radius 2 is 2.16 bits per heavy atom. The van der Waals surface area contributed by atoms with Crippen molar-refractivity contribution in [1.82, 2.24) is 24.5 Å². The summed E-state index contributed by atoms with van der Waals surface area (Å²) < 4.78 is 53.3. The molecule has 8 nitrogen and oxygen atoms in total. The molecule has 172 valence electrons. The highest BCUT2D eigenvalue weighted by Crippen LogP contribution is 2.37. The second kappa shape index (κ2) is 9.08. The van der Waals surface area contributed by atoms with Crippen LogP contribution >= 0.6 is 11.6 Å². The number of ether oxygens (including phenoxy) is 2. The van der Waals surface area contributed by atoms with Crippen molar-refractivity contribution in [2.24, 2.45) is 0 Å². The Morgan fingerprint density at radius 3 is 2.84 bits per heavy atom. The van der Waals surface area contributed by atoms with Gasteiger partial charge in [0.2, 0.25) is 0 Å². The molecular formula is C20H21ClF3N5O3. The Kier molecular flexibility index (Phi) is 6.40. The number of H-pyrrole nitrogens is 1. The molecule has 1 N–H and O–H groups in total. The molecule has 4 heterocycles. The van der Waals surface area contributed by atoms with Crippen LogP contribution in [0.4, 0.5) is 13.2 Å². The van der Waals surface area contributed by atoms with Crippen LogP contribution in [-0.2, 0) is 15.7 Å². The summed E-state index contributed by atoms with van der Waals surface area (Å²) in [4.78, 5) is 18.5. The van der Waals surface area contributed by atoms with Crippen LogP contribution in [0.5, 0.6) is 0 Å². The van der Waals surface area contributed by atoms with Gasteiger partial charge in [0.25, 0.3) is 5.91 Å². The van der Waals surface area contributed by atoms with Gasteiger partial charge in [-0.3, -0.25) is 14.3 Å². The standard InChI is InChI=1S/C20H21ClF3N5O3/c1-2-31-5-6-32-14-3-4-28(11-14)19(30)16-17(21)29-10-12(13-8-25-26-9-13)7-15(18(29)27-16)20(22,23)24/h7-10,14H,2-6,11H2,1H3,(H,25,26). The number of carbonyl (C=O) groups excluding carboxylic acids is 1. The molecule has 12 heteroatoms. The molecule has 0 saturated carbocycles. The number of carbonyl (C=O) groups is 1. The third kappa shape index (κ3) is 4.45. The molecule has 1 aliphatic rings. The van der Waals surface area contributed by atoms with Crippen molar-refractivity contribution >= 4 is 23.2 Å². The van der Waals surface area contributed by atoms with Crippen LogP contribution in [-0.4, -0.2) is 69.4 Å². The highest BCUT2D eigenvalue weighted by Gasteiger charge is 2.37. The topological polar surface area (TPSA) is 84.8 Å². The fourth-order valence-electron chi connectivity index (χ4n) is 3.64. The number of aromatic amines is 1. The SMILES string of the molecule is CCOCCOC1CCN(C(=O)c2nc3c(C(F)(F)F)cc(-c4cn[nH]c4)cn3c2Cl)C1. The third-order valence-corrected chi connectivity index (χ3v) is 5.58. The van der Waals surface area contributed by atoms with E-state index in [1.54, 1.807) is 0 Å². The molecular weight excluding hydrogens is 451 g/mol. The van der Waals surface area contributed by atoms with E-state index in [1.807, 2.05) is 6.92 Å². The van der Waals surface area contributed by atoms with Crippen LogP contribution in [0.3, 0.4) is 0 Å². The molecule has 0 aliphatic carbocycles. The minimum atomic E-state index is -4.69. The van der Waals surface area contributed by atoms with Crippen LogP contribution in [0.25, 0.3) is 16.8 Å². The Hall–Kier alpha value is -2.63. The van der Waals surface area contributed by atoms with Gasteiger partial charge in [-0.15, -0.1) is 0 Å². The molecule has 1 saturated heterocycles. The van der Waals surface area contributed by atoms with Gasteiger partial charge in [0.15, 0.2) is 11.3 Å². The zero-order chi connectivity index (χ0) is 22.9. The summed E-state index contributed by atoms with van der Waals surface area (Å²) in [7, 11) is 0. The van der Waals surface area contributed by atoms with Gasteiger partial charge in [0, 0.05) is 43.2 Å². The van der Waals surface area contributed by atoms with Crippen molar-refractivity contribution in [3.05, 3.63) is 41.1 Å². The van der Waals surface area contributed by atoms with Crippen LogP contribution < -0.4 is 0 Å². The second-order valence-electron chi connectivity index (χ2n) is 7.30. The zero-order valence-electron chi connectivity index (χ0n) is 17.2. The molecule has 1 fully saturated rings. The molecule has 4 rings (SSSR count). The molecule has 1 atom stereocenters. The van der Waals surface area contributed by atoms with E-state index in [9.17, 15) is 18.0 Å². The average molecular weight is 472 g/mol. The normalized spacial score (nSPS) is 16.9. The molecule has 0 bridgehead atoms. The molecule has 3 aromatic rings. The number of pyridine rings is 1. The lowest BCUT2D eigenvalue weighted by atomic mass is 10.1. The summed E-state index contributed by atoms with van der Waals surface area (Å²) in [5, 5.41) is 6.16. The number of rotatable bonds is 7. The van der Waals surface area contributed by atoms with E-state index in [4.69, 9.17) is 21.1 Å². The quantitative estimate of drug-likeness (QED) is 0.531. The van der Waals surface area contributed by atoms with Gasteiger partial charge in [-0.2, -0.15) is 18.3 Å². The smallest absolute Gasteiger partial charge is 0.379 e. The lowest BCUT2D eigenvalue weighted by Crippen LogP contribution is -2.31. The van der Waals surface area contributed by atoms with Crippen LogP contribution in [0, 0.1) is 0 Å².